The maximum atomic E-state index is 11.0. The van der Waals surface area contributed by atoms with E-state index in [4.69, 9.17) is 4.74 Å². The van der Waals surface area contributed by atoms with Gasteiger partial charge in [0.2, 0.25) is 0 Å². The van der Waals surface area contributed by atoms with Crippen LogP contribution in [0.15, 0.2) is 24.3 Å². The van der Waals surface area contributed by atoms with Crippen molar-refractivity contribution in [3.63, 3.8) is 0 Å². The summed E-state index contributed by atoms with van der Waals surface area (Å²) in [7, 11) is -2.83. The molecule has 1 aromatic rings. The minimum atomic E-state index is -2.83. The van der Waals surface area contributed by atoms with Crippen LogP contribution in [0.25, 0.3) is 0 Å². The van der Waals surface area contributed by atoms with E-state index in [0.717, 1.165) is 5.56 Å². The van der Waals surface area contributed by atoms with Gasteiger partial charge in [-0.05, 0) is 31.0 Å². The van der Waals surface area contributed by atoms with Crippen molar-refractivity contribution in [2.45, 2.75) is 25.6 Å². The van der Waals surface area contributed by atoms with E-state index in [-0.39, 0.29) is 23.7 Å². The zero-order valence-electron chi connectivity index (χ0n) is 9.67. The lowest BCUT2D eigenvalue weighted by molar-refractivity contribution is 0.195. The second kappa shape index (κ2) is 4.66. The van der Waals surface area contributed by atoms with Gasteiger partial charge in [0.05, 0.1) is 17.6 Å². The summed E-state index contributed by atoms with van der Waals surface area (Å²) in [4.78, 5) is 0. The predicted molar refractivity (Wildman–Crippen MR) is 64.9 cm³/mol. The van der Waals surface area contributed by atoms with Crippen molar-refractivity contribution in [1.29, 1.82) is 0 Å². The standard InChI is InChI=1S/C12H16O4S/c1-9(13)6-10-2-4-11(5-3-10)16-12-7-17(14,15)8-12/h2-5,9,12-13H,6-8H2,1H3. The average Bonchev–Trinajstić information content (AvgIpc) is 2.17. The van der Waals surface area contributed by atoms with Crippen LogP contribution in [-0.2, 0) is 16.3 Å². The fourth-order valence-electron chi connectivity index (χ4n) is 1.82. The Kier molecular flexibility index (Phi) is 3.40. The predicted octanol–water partition coefficient (Wildman–Crippen LogP) is 0.786. The molecule has 2 rings (SSSR count). The molecule has 1 saturated heterocycles. The first-order chi connectivity index (χ1) is 7.94. The van der Waals surface area contributed by atoms with Gasteiger partial charge < -0.3 is 9.84 Å². The average molecular weight is 256 g/mol. The zero-order chi connectivity index (χ0) is 12.5. The van der Waals surface area contributed by atoms with Crippen LogP contribution in [0.5, 0.6) is 5.75 Å². The van der Waals surface area contributed by atoms with Crippen molar-refractivity contribution in [1.82, 2.24) is 0 Å². The minimum Gasteiger partial charge on any atom is -0.488 e. The lowest BCUT2D eigenvalue weighted by atomic mass is 10.1. The van der Waals surface area contributed by atoms with E-state index in [9.17, 15) is 13.5 Å². The van der Waals surface area contributed by atoms with Gasteiger partial charge in [-0.15, -0.1) is 0 Å². The first-order valence-corrected chi connectivity index (χ1v) is 7.41. The Hall–Kier alpha value is -1.07. The van der Waals surface area contributed by atoms with Gasteiger partial charge >= 0.3 is 0 Å². The molecule has 0 radical (unpaired) electrons. The third-order valence-corrected chi connectivity index (χ3v) is 4.40. The molecule has 0 aromatic heterocycles. The van der Waals surface area contributed by atoms with Gasteiger partial charge in [-0.25, -0.2) is 8.42 Å². The molecule has 1 heterocycles. The molecule has 1 N–H and O–H groups in total. The van der Waals surface area contributed by atoms with Gasteiger partial charge in [-0.2, -0.15) is 0 Å². The van der Waals surface area contributed by atoms with Gasteiger partial charge in [0.15, 0.2) is 9.84 Å². The number of aliphatic hydroxyl groups excluding tert-OH is 1. The summed E-state index contributed by atoms with van der Waals surface area (Å²) in [6.07, 6.45) is 0.0408. The van der Waals surface area contributed by atoms with E-state index < -0.39 is 9.84 Å². The van der Waals surface area contributed by atoms with Gasteiger partial charge in [0.1, 0.15) is 11.9 Å². The van der Waals surface area contributed by atoms with Crippen molar-refractivity contribution in [3.05, 3.63) is 29.8 Å². The lowest BCUT2D eigenvalue weighted by Crippen LogP contribution is -2.45. The molecule has 0 saturated carbocycles. The van der Waals surface area contributed by atoms with Gasteiger partial charge in [0.25, 0.3) is 0 Å². The second-order valence-electron chi connectivity index (χ2n) is 4.51. The van der Waals surface area contributed by atoms with Crippen molar-refractivity contribution in [3.8, 4) is 5.75 Å². The van der Waals surface area contributed by atoms with E-state index in [1.54, 1.807) is 6.92 Å². The van der Waals surface area contributed by atoms with Crippen LogP contribution in [0, 0.1) is 0 Å². The molecule has 1 atom stereocenters. The van der Waals surface area contributed by atoms with Crippen LogP contribution < -0.4 is 4.74 Å². The molecule has 0 spiro atoms. The summed E-state index contributed by atoms with van der Waals surface area (Å²) >= 11 is 0. The second-order valence-corrected chi connectivity index (χ2v) is 6.67. The lowest BCUT2D eigenvalue weighted by Gasteiger charge is -2.26. The van der Waals surface area contributed by atoms with E-state index >= 15 is 0 Å². The van der Waals surface area contributed by atoms with Crippen molar-refractivity contribution in [2.24, 2.45) is 0 Å². The Morgan fingerprint density at radius 1 is 1.35 bits per heavy atom. The highest BCUT2D eigenvalue weighted by atomic mass is 32.2. The van der Waals surface area contributed by atoms with E-state index in [2.05, 4.69) is 0 Å². The number of hydrogen-bond donors (Lipinski definition) is 1. The Morgan fingerprint density at radius 3 is 2.41 bits per heavy atom. The number of sulfone groups is 1. The first-order valence-electron chi connectivity index (χ1n) is 5.59. The Labute approximate surface area is 101 Å². The van der Waals surface area contributed by atoms with E-state index in [1.165, 1.54) is 0 Å². The number of aliphatic hydroxyl groups is 1. The first kappa shape index (κ1) is 12.4. The molecule has 1 aromatic carbocycles. The zero-order valence-corrected chi connectivity index (χ0v) is 10.5. The monoisotopic (exact) mass is 256 g/mol. The van der Waals surface area contributed by atoms with Gasteiger partial charge in [-0.1, -0.05) is 12.1 Å². The quantitative estimate of drug-likeness (QED) is 0.865. The van der Waals surface area contributed by atoms with Gasteiger partial charge in [-0.3, -0.25) is 0 Å². The van der Waals surface area contributed by atoms with Crippen LogP contribution in [0.2, 0.25) is 0 Å². The molecule has 17 heavy (non-hydrogen) atoms. The largest absolute Gasteiger partial charge is 0.488 e. The molecule has 0 bridgehead atoms. The van der Waals surface area contributed by atoms with Crippen molar-refractivity contribution in [2.75, 3.05) is 11.5 Å². The molecule has 4 nitrogen and oxygen atoms in total. The van der Waals surface area contributed by atoms with E-state index in [0.29, 0.717) is 12.2 Å². The third-order valence-electron chi connectivity index (χ3n) is 2.64. The van der Waals surface area contributed by atoms with Crippen LogP contribution in [0.1, 0.15) is 12.5 Å². The van der Waals surface area contributed by atoms with Crippen molar-refractivity contribution < 1.29 is 18.3 Å². The summed E-state index contributed by atoms with van der Waals surface area (Å²) in [5.74, 6) is 0.907. The molecular formula is C12H16O4S. The summed E-state index contributed by atoms with van der Waals surface area (Å²) in [5, 5.41) is 9.23. The summed E-state index contributed by atoms with van der Waals surface area (Å²) in [6.45, 7) is 1.74. The normalized spacial score (nSPS) is 20.6. The Bertz CT molecular complexity index is 464. The third kappa shape index (κ3) is 3.44. The summed E-state index contributed by atoms with van der Waals surface area (Å²) in [6, 6.07) is 7.38. The summed E-state index contributed by atoms with van der Waals surface area (Å²) in [5.41, 5.74) is 1.04. The minimum absolute atomic E-state index is 0.114. The van der Waals surface area contributed by atoms with Crippen molar-refractivity contribution >= 4 is 9.84 Å². The molecular weight excluding hydrogens is 240 g/mol. The molecule has 1 aliphatic rings. The maximum absolute atomic E-state index is 11.0. The molecule has 0 amide bonds. The fourth-order valence-corrected chi connectivity index (χ4v) is 2.99. The SMILES string of the molecule is CC(O)Cc1ccc(OC2CS(=O)(=O)C2)cc1. The highest BCUT2D eigenvalue weighted by molar-refractivity contribution is 7.92. The number of ether oxygens (including phenoxy) is 1. The molecule has 5 heteroatoms. The smallest absolute Gasteiger partial charge is 0.157 e. The molecule has 94 valence electrons. The van der Waals surface area contributed by atoms with Crippen LogP contribution >= 0.6 is 0 Å². The summed E-state index contributed by atoms with van der Waals surface area (Å²) < 4.78 is 27.4. The maximum Gasteiger partial charge on any atom is 0.157 e. The number of benzene rings is 1. The topological polar surface area (TPSA) is 63.6 Å². The van der Waals surface area contributed by atoms with E-state index in [1.807, 2.05) is 24.3 Å². The molecule has 1 aliphatic heterocycles. The number of rotatable bonds is 4. The molecule has 1 fully saturated rings. The number of hydrogen-bond acceptors (Lipinski definition) is 4. The van der Waals surface area contributed by atoms with Crippen LogP contribution in [0.4, 0.5) is 0 Å². The molecule has 0 aliphatic carbocycles. The fraction of sp³-hybridized carbons (Fsp3) is 0.500. The van der Waals surface area contributed by atoms with Crippen LogP contribution in [0.3, 0.4) is 0 Å². The Balaban J connectivity index is 1.90. The van der Waals surface area contributed by atoms with Crippen LogP contribution in [-0.4, -0.2) is 37.2 Å². The van der Waals surface area contributed by atoms with Gasteiger partial charge in [0, 0.05) is 0 Å². The Morgan fingerprint density at radius 2 is 1.94 bits per heavy atom. The highest BCUT2D eigenvalue weighted by Crippen LogP contribution is 2.20. The molecule has 1 unspecified atom stereocenters. The highest BCUT2D eigenvalue weighted by Gasteiger charge is 2.35.